The van der Waals surface area contributed by atoms with E-state index in [1.807, 2.05) is 0 Å². The van der Waals surface area contributed by atoms with E-state index in [0.29, 0.717) is 0 Å². The van der Waals surface area contributed by atoms with Gasteiger partial charge in [0.2, 0.25) is 0 Å². The van der Waals surface area contributed by atoms with Crippen LogP contribution in [0.3, 0.4) is 0 Å². The number of unbranched alkanes of at least 4 members (excludes halogenated alkanes) is 1. The maximum atomic E-state index is 9.45. The van der Waals surface area contributed by atoms with Crippen LogP contribution in [-0.2, 0) is 4.79 Å². The van der Waals surface area contributed by atoms with Crippen molar-refractivity contribution < 1.29 is 25.2 Å². The molecule has 0 aromatic rings. The predicted molar refractivity (Wildman–Crippen MR) is 51.9 cm³/mol. The molecule has 0 bridgehead atoms. The molecule has 86 valence electrons. The minimum absolute atomic E-state index is 0.0972. The standard InChI is InChI=1S/C6H14O2.C3H6O3/c1-2-3-4-6(8)5-7;1-2(4)3(5)6/h6-8H,2-5H2,1H3;2,4H,1H3,(H,5,6). The number of carboxylic acids is 1. The van der Waals surface area contributed by atoms with Gasteiger partial charge >= 0.3 is 5.97 Å². The van der Waals surface area contributed by atoms with Gasteiger partial charge in [-0.05, 0) is 13.3 Å². The van der Waals surface area contributed by atoms with E-state index in [4.69, 9.17) is 20.4 Å². The lowest BCUT2D eigenvalue weighted by Gasteiger charge is -2.02. The molecule has 0 saturated heterocycles. The van der Waals surface area contributed by atoms with E-state index in [-0.39, 0.29) is 6.61 Å². The van der Waals surface area contributed by atoms with Gasteiger partial charge in [-0.2, -0.15) is 0 Å². The first-order valence-electron chi connectivity index (χ1n) is 4.65. The molecule has 0 aliphatic carbocycles. The summed E-state index contributed by atoms with van der Waals surface area (Å²) < 4.78 is 0. The van der Waals surface area contributed by atoms with Crippen LogP contribution in [0.25, 0.3) is 0 Å². The molecule has 0 rings (SSSR count). The van der Waals surface area contributed by atoms with Crippen LogP contribution in [0, 0.1) is 0 Å². The third kappa shape index (κ3) is 13.9. The smallest absolute Gasteiger partial charge is 0.332 e. The molecule has 0 aliphatic rings. The second-order valence-corrected chi connectivity index (χ2v) is 2.99. The fourth-order valence-electron chi connectivity index (χ4n) is 0.531. The van der Waals surface area contributed by atoms with Gasteiger partial charge in [0.15, 0.2) is 0 Å². The van der Waals surface area contributed by atoms with E-state index in [9.17, 15) is 4.79 Å². The molecule has 0 heterocycles. The number of aliphatic carboxylic acids is 1. The summed E-state index contributed by atoms with van der Waals surface area (Å²) >= 11 is 0. The molecule has 0 fully saturated rings. The molecule has 0 aliphatic heterocycles. The van der Waals surface area contributed by atoms with Crippen molar-refractivity contribution in [3.63, 3.8) is 0 Å². The second kappa shape index (κ2) is 10.4. The van der Waals surface area contributed by atoms with Crippen LogP contribution in [0.5, 0.6) is 0 Å². The summed E-state index contributed by atoms with van der Waals surface area (Å²) in [6.45, 7) is 3.16. The zero-order chi connectivity index (χ0) is 11.6. The fraction of sp³-hybridized carbons (Fsp3) is 0.889. The lowest BCUT2D eigenvalue weighted by Crippen LogP contribution is -2.13. The van der Waals surface area contributed by atoms with Crippen molar-refractivity contribution in [2.24, 2.45) is 0 Å². The van der Waals surface area contributed by atoms with Crippen molar-refractivity contribution in [1.82, 2.24) is 0 Å². The van der Waals surface area contributed by atoms with E-state index >= 15 is 0 Å². The van der Waals surface area contributed by atoms with Crippen molar-refractivity contribution in [3.8, 4) is 0 Å². The maximum Gasteiger partial charge on any atom is 0.332 e. The summed E-state index contributed by atoms with van der Waals surface area (Å²) in [6.07, 6.45) is 1.09. The molecule has 14 heavy (non-hydrogen) atoms. The third-order valence-corrected chi connectivity index (χ3v) is 1.46. The summed E-state index contributed by atoms with van der Waals surface area (Å²) in [5.74, 6) is -1.19. The highest BCUT2D eigenvalue weighted by Crippen LogP contribution is 1.97. The Morgan fingerprint density at radius 1 is 1.36 bits per heavy atom. The minimum atomic E-state index is -1.23. The van der Waals surface area contributed by atoms with Crippen LogP contribution in [0.2, 0.25) is 0 Å². The molecule has 5 heteroatoms. The van der Waals surface area contributed by atoms with E-state index in [1.165, 1.54) is 6.92 Å². The second-order valence-electron chi connectivity index (χ2n) is 2.99. The molecular formula is C9H20O5. The van der Waals surface area contributed by atoms with Crippen LogP contribution in [0.1, 0.15) is 33.1 Å². The van der Waals surface area contributed by atoms with Gasteiger partial charge in [0, 0.05) is 0 Å². The predicted octanol–water partition coefficient (Wildman–Crippen LogP) is -0.0184. The highest BCUT2D eigenvalue weighted by Gasteiger charge is 2.01. The first kappa shape index (κ1) is 15.8. The molecule has 5 nitrogen and oxygen atoms in total. The molecule has 0 saturated carbocycles. The summed E-state index contributed by atoms with van der Waals surface area (Å²) in [6, 6.07) is 0. The molecule has 2 atom stereocenters. The van der Waals surface area contributed by atoms with Crippen LogP contribution >= 0.6 is 0 Å². The van der Waals surface area contributed by atoms with Gasteiger partial charge in [0.1, 0.15) is 6.10 Å². The van der Waals surface area contributed by atoms with E-state index in [0.717, 1.165) is 19.3 Å². The zero-order valence-electron chi connectivity index (χ0n) is 8.68. The van der Waals surface area contributed by atoms with Gasteiger partial charge in [-0.25, -0.2) is 4.79 Å². The molecule has 0 radical (unpaired) electrons. The molecule has 0 aromatic heterocycles. The Morgan fingerprint density at radius 2 is 1.79 bits per heavy atom. The Kier molecular flexibility index (Phi) is 11.8. The zero-order valence-corrected chi connectivity index (χ0v) is 8.68. The molecule has 0 amide bonds. The quantitative estimate of drug-likeness (QED) is 0.509. The third-order valence-electron chi connectivity index (χ3n) is 1.46. The monoisotopic (exact) mass is 208 g/mol. The SMILES string of the molecule is CC(O)C(=O)O.CCCCC(O)CO. The highest BCUT2D eigenvalue weighted by atomic mass is 16.4. The first-order chi connectivity index (χ1) is 6.45. The van der Waals surface area contributed by atoms with E-state index < -0.39 is 18.2 Å². The number of hydrogen-bond acceptors (Lipinski definition) is 4. The lowest BCUT2D eigenvalue weighted by atomic mass is 10.2. The van der Waals surface area contributed by atoms with Gasteiger partial charge in [0.05, 0.1) is 12.7 Å². The van der Waals surface area contributed by atoms with Gasteiger partial charge in [-0.3, -0.25) is 0 Å². The van der Waals surface area contributed by atoms with E-state index in [1.54, 1.807) is 0 Å². The largest absolute Gasteiger partial charge is 0.479 e. The van der Waals surface area contributed by atoms with Crippen LogP contribution < -0.4 is 0 Å². The maximum absolute atomic E-state index is 9.45. The van der Waals surface area contributed by atoms with Crippen LogP contribution in [0.15, 0.2) is 0 Å². The lowest BCUT2D eigenvalue weighted by molar-refractivity contribution is -0.145. The van der Waals surface area contributed by atoms with Crippen molar-refractivity contribution in [2.45, 2.75) is 45.3 Å². The summed E-state index contributed by atoms with van der Waals surface area (Å²) in [5, 5.41) is 32.8. The van der Waals surface area contributed by atoms with Gasteiger partial charge in [0.25, 0.3) is 0 Å². The van der Waals surface area contributed by atoms with Gasteiger partial charge < -0.3 is 20.4 Å². The number of carboxylic acid groups (broad SMARTS) is 1. The fourth-order valence-corrected chi connectivity index (χ4v) is 0.531. The van der Waals surface area contributed by atoms with Crippen LogP contribution in [-0.4, -0.2) is 45.2 Å². The summed E-state index contributed by atoms with van der Waals surface area (Å²) in [4.78, 5) is 9.45. The van der Waals surface area contributed by atoms with E-state index in [2.05, 4.69) is 6.92 Å². The van der Waals surface area contributed by atoms with Crippen molar-refractivity contribution in [2.75, 3.05) is 6.61 Å². The number of hydrogen-bond donors (Lipinski definition) is 4. The number of aliphatic hydroxyl groups is 3. The van der Waals surface area contributed by atoms with Gasteiger partial charge in [-0.1, -0.05) is 19.8 Å². The molecule has 0 aromatic carbocycles. The molecule has 2 unspecified atom stereocenters. The Labute approximate surface area is 84.0 Å². The molecule has 4 N–H and O–H groups in total. The number of aliphatic hydroxyl groups excluding tert-OH is 3. The average molecular weight is 208 g/mol. The van der Waals surface area contributed by atoms with Crippen molar-refractivity contribution in [3.05, 3.63) is 0 Å². The van der Waals surface area contributed by atoms with Gasteiger partial charge in [-0.15, -0.1) is 0 Å². The first-order valence-corrected chi connectivity index (χ1v) is 4.65. The highest BCUT2D eigenvalue weighted by molar-refractivity contribution is 5.71. The molecule has 0 spiro atoms. The number of carbonyl (C=O) groups is 1. The minimum Gasteiger partial charge on any atom is -0.479 e. The summed E-state index contributed by atoms with van der Waals surface area (Å²) in [5.41, 5.74) is 0. The Hall–Kier alpha value is -0.650. The summed E-state index contributed by atoms with van der Waals surface area (Å²) in [7, 11) is 0. The van der Waals surface area contributed by atoms with Crippen molar-refractivity contribution in [1.29, 1.82) is 0 Å². The topological polar surface area (TPSA) is 98.0 Å². The normalized spacial score (nSPS) is 13.8. The average Bonchev–Trinajstić information content (AvgIpc) is 2.14. The molecular weight excluding hydrogens is 188 g/mol. The Morgan fingerprint density at radius 3 is 2.00 bits per heavy atom. The Bertz CT molecular complexity index is 135. The van der Waals surface area contributed by atoms with Crippen molar-refractivity contribution >= 4 is 5.97 Å². The van der Waals surface area contributed by atoms with Crippen LogP contribution in [0.4, 0.5) is 0 Å². The Balaban J connectivity index is 0. The number of rotatable bonds is 5.